The van der Waals surface area contributed by atoms with Crippen molar-refractivity contribution < 1.29 is 14.7 Å². The minimum atomic E-state index is -0.910. The maximum atomic E-state index is 11.2. The van der Waals surface area contributed by atoms with Crippen LogP contribution in [0.2, 0.25) is 0 Å². The highest BCUT2D eigenvalue weighted by Gasteiger charge is 2.10. The first-order valence-electron chi connectivity index (χ1n) is 6.36. The van der Waals surface area contributed by atoms with E-state index in [1.54, 1.807) is 0 Å². The summed E-state index contributed by atoms with van der Waals surface area (Å²) >= 11 is 0. The predicted molar refractivity (Wildman–Crippen MR) is 77.1 cm³/mol. The number of H-pyrrole nitrogens is 1. The molecule has 2 aromatic rings. The highest BCUT2D eigenvalue weighted by Crippen LogP contribution is 2.17. The number of aromatic amines is 1. The fourth-order valence-corrected chi connectivity index (χ4v) is 2.01. The normalized spacial score (nSPS) is 11.5. The number of para-hydroxylation sites is 1. The summed E-state index contributed by atoms with van der Waals surface area (Å²) in [7, 11) is 1.13. The van der Waals surface area contributed by atoms with Gasteiger partial charge in [-0.2, -0.15) is 0 Å². The smallest absolute Gasteiger partial charge is 0.357 e. The van der Waals surface area contributed by atoms with E-state index in [9.17, 15) is 10.0 Å². The Morgan fingerprint density at radius 3 is 3.00 bits per heavy atom. The van der Waals surface area contributed by atoms with Crippen LogP contribution >= 0.6 is 0 Å². The van der Waals surface area contributed by atoms with Gasteiger partial charge in [-0.3, -0.25) is 5.21 Å². The Morgan fingerprint density at radius 2 is 2.29 bits per heavy atom. The number of benzene rings is 1. The number of ether oxygens (including phenoxy) is 1. The Labute approximate surface area is 121 Å². The molecule has 7 nitrogen and oxygen atoms in total. The van der Waals surface area contributed by atoms with Crippen LogP contribution in [0.25, 0.3) is 10.9 Å². The van der Waals surface area contributed by atoms with E-state index in [1.165, 1.54) is 0 Å². The summed E-state index contributed by atoms with van der Waals surface area (Å²) in [6.07, 6.45) is 3.75. The zero-order valence-electron chi connectivity index (χ0n) is 11.5. The minimum Gasteiger partial charge on any atom is -0.733 e. The number of aromatic nitrogens is 1. The number of rotatable bonds is 6. The summed E-state index contributed by atoms with van der Waals surface area (Å²) in [5.74, 6) is -0.910. The van der Waals surface area contributed by atoms with E-state index in [0.29, 0.717) is 13.0 Å². The number of fused-ring (bicyclic) bond motifs is 1. The van der Waals surface area contributed by atoms with Gasteiger partial charge in [-0.15, -0.1) is 0 Å². The maximum Gasteiger partial charge on any atom is 0.357 e. The van der Waals surface area contributed by atoms with Gasteiger partial charge < -0.3 is 25.5 Å². The van der Waals surface area contributed by atoms with Crippen molar-refractivity contribution in [3.63, 3.8) is 0 Å². The fourth-order valence-electron chi connectivity index (χ4n) is 2.01. The van der Waals surface area contributed by atoms with E-state index < -0.39 is 16.9 Å². The summed E-state index contributed by atoms with van der Waals surface area (Å²) in [5, 5.41) is 23.0. The largest absolute Gasteiger partial charge is 0.733 e. The second kappa shape index (κ2) is 6.78. The molecule has 7 heteroatoms. The van der Waals surface area contributed by atoms with Gasteiger partial charge in [0.2, 0.25) is 0 Å². The van der Waals surface area contributed by atoms with Crippen molar-refractivity contribution in [1.29, 1.82) is 0 Å². The van der Waals surface area contributed by atoms with Gasteiger partial charge in [0.05, 0.1) is 7.11 Å². The van der Waals surface area contributed by atoms with E-state index in [1.807, 2.05) is 30.5 Å². The van der Waals surface area contributed by atoms with E-state index >= 15 is 0 Å². The Morgan fingerprint density at radius 1 is 1.52 bits per heavy atom. The van der Waals surface area contributed by atoms with Gasteiger partial charge in [-0.1, -0.05) is 18.2 Å². The molecule has 0 saturated heterocycles. The van der Waals surface area contributed by atoms with Crippen molar-refractivity contribution in [2.75, 3.05) is 13.7 Å². The van der Waals surface area contributed by atoms with Crippen LogP contribution in [0.3, 0.4) is 0 Å². The van der Waals surface area contributed by atoms with Crippen LogP contribution in [-0.4, -0.2) is 35.0 Å². The lowest BCUT2D eigenvalue weighted by Crippen LogP contribution is -2.23. The number of nitrogens with one attached hydrogen (secondary N) is 2. The molecule has 0 saturated carbocycles. The van der Waals surface area contributed by atoms with Crippen molar-refractivity contribution in [1.82, 2.24) is 15.5 Å². The zero-order valence-corrected chi connectivity index (χ0v) is 11.5. The number of esters is 1. The third-order valence-electron chi connectivity index (χ3n) is 3.05. The molecule has 112 valence electrons. The fraction of sp³-hybridized carbons (Fsp3) is 0.214. The molecule has 0 aliphatic rings. The number of hydrogen-bond acceptors (Lipinski definition) is 6. The molecule has 0 unspecified atom stereocenters. The molecule has 1 heterocycles. The lowest BCUT2D eigenvalue weighted by molar-refractivity contribution is -0.142. The van der Waals surface area contributed by atoms with Gasteiger partial charge in [0.25, 0.3) is 0 Å². The first kappa shape index (κ1) is 14.9. The van der Waals surface area contributed by atoms with Crippen LogP contribution in [-0.2, 0) is 16.0 Å². The average molecular weight is 290 g/mol. The van der Waals surface area contributed by atoms with E-state index in [4.69, 9.17) is 5.21 Å². The molecule has 1 aromatic heterocycles. The number of hydroxylamine groups is 2. The van der Waals surface area contributed by atoms with E-state index in [0.717, 1.165) is 29.8 Å². The quantitative estimate of drug-likeness (QED) is 0.322. The van der Waals surface area contributed by atoms with Gasteiger partial charge in [0.15, 0.2) is 5.70 Å². The predicted octanol–water partition coefficient (Wildman–Crippen LogP) is 1.50. The number of carbonyl (C=O) groups is 1. The van der Waals surface area contributed by atoms with Gasteiger partial charge in [0, 0.05) is 29.8 Å². The van der Waals surface area contributed by atoms with Crippen LogP contribution in [0.15, 0.2) is 42.4 Å². The molecule has 0 fully saturated rings. The second-order valence-corrected chi connectivity index (χ2v) is 4.36. The first-order valence-corrected chi connectivity index (χ1v) is 6.36. The number of carbonyl (C=O) groups excluding carboxylic acids is 1. The summed E-state index contributed by atoms with van der Waals surface area (Å²) in [6.45, 7) is 0.496. The SMILES string of the molecule is COC(=O)C(=CNCCc1c[nH]c2ccccc12)N([O-])O. The molecule has 0 spiro atoms. The molecule has 0 aliphatic heterocycles. The Hall–Kier alpha value is -2.51. The molecular formula is C14H16N3O4-. The van der Waals surface area contributed by atoms with Gasteiger partial charge in [0.1, 0.15) is 0 Å². The summed E-state index contributed by atoms with van der Waals surface area (Å²) < 4.78 is 4.38. The summed E-state index contributed by atoms with van der Waals surface area (Å²) in [4.78, 5) is 14.4. The Bertz CT molecular complexity index is 648. The number of nitrogens with zero attached hydrogens (tertiary/aromatic N) is 1. The lowest BCUT2D eigenvalue weighted by Gasteiger charge is -2.22. The first-order chi connectivity index (χ1) is 10.1. The molecule has 0 amide bonds. The molecule has 0 aliphatic carbocycles. The maximum absolute atomic E-state index is 11.2. The molecule has 0 atom stereocenters. The lowest BCUT2D eigenvalue weighted by atomic mass is 10.1. The highest BCUT2D eigenvalue weighted by atomic mass is 16.8. The van der Waals surface area contributed by atoms with Crippen LogP contribution < -0.4 is 5.32 Å². The number of methoxy groups -OCH3 is 1. The van der Waals surface area contributed by atoms with Crippen molar-refractivity contribution in [2.45, 2.75) is 6.42 Å². The minimum absolute atomic E-state index is 0.496. The van der Waals surface area contributed by atoms with Crippen molar-refractivity contribution in [3.05, 3.63) is 53.1 Å². The average Bonchev–Trinajstić information content (AvgIpc) is 2.89. The summed E-state index contributed by atoms with van der Waals surface area (Å²) in [5.41, 5.74) is 1.67. The van der Waals surface area contributed by atoms with Crippen molar-refractivity contribution in [3.8, 4) is 0 Å². The molecular weight excluding hydrogens is 274 g/mol. The van der Waals surface area contributed by atoms with Crippen LogP contribution in [0, 0.1) is 5.21 Å². The van der Waals surface area contributed by atoms with Crippen LogP contribution in [0.4, 0.5) is 0 Å². The molecule has 2 rings (SSSR count). The number of hydrogen-bond donors (Lipinski definition) is 3. The third-order valence-corrected chi connectivity index (χ3v) is 3.05. The van der Waals surface area contributed by atoms with E-state index in [2.05, 4.69) is 15.0 Å². The van der Waals surface area contributed by atoms with Crippen molar-refractivity contribution >= 4 is 16.9 Å². The highest BCUT2D eigenvalue weighted by molar-refractivity contribution is 5.87. The zero-order chi connectivity index (χ0) is 15.2. The molecule has 0 radical (unpaired) electrons. The monoisotopic (exact) mass is 290 g/mol. The molecule has 0 bridgehead atoms. The third kappa shape index (κ3) is 3.53. The summed E-state index contributed by atoms with van der Waals surface area (Å²) in [6, 6.07) is 7.92. The Balaban J connectivity index is 1.96. The van der Waals surface area contributed by atoms with Gasteiger partial charge in [-0.25, -0.2) is 4.79 Å². The van der Waals surface area contributed by atoms with Gasteiger partial charge in [-0.05, 0) is 18.1 Å². The van der Waals surface area contributed by atoms with E-state index in [-0.39, 0.29) is 0 Å². The topological polar surface area (TPSA) is 101 Å². The molecule has 1 aromatic carbocycles. The second-order valence-electron chi connectivity index (χ2n) is 4.36. The standard InChI is InChI=1S/C14H16N3O4/c1-21-14(18)13(17(19)20)9-15-7-6-10-8-16-12-5-3-2-4-11(10)12/h2-5,8-9,15-16,19H,6-7H2,1H3/q-1. The van der Waals surface area contributed by atoms with Gasteiger partial charge >= 0.3 is 5.97 Å². The van der Waals surface area contributed by atoms with Crippen LogP contribution in [0.1, 0.15) is 5.56 Å². The Kier molecular flexibility index (Phi) is 4.81. The van der Waals surface area contributed by atoms with Crippen LogP contribution in [0.5, 0.6) is 0 Å². The molecule has 21 heavy (non-hydrogen) atoms. The molecule has 3 N–H and O–H groups in total. The van der Waals surface area contributed by atoms with Crippen molar-refractivity contribution in [2.24, 2.45) is 0 Å².